The minimum atomic E-state index is -0.339. The van der Waals surface area contributed by atoms with Gasteiger partial charge in [0.15, 0.2) is 0 Å². The molecule has 4 heteroatoms. The number of hydrogen-bond acceptors (Lipinski definition) is 3. The van der Waals surface area contributed by atoms with Crippen LogP contribution in [-0.4, -0.2) is 17.3 Å². The first-order valence-electron chi connectivity index (χ1n) is 6.04. The molecule has 0 radical (unpaired) electrons. The minimum absolute atomic E-state index is 0.0736. The van der Waals surface area contributed by atoms with Gasteiger partial charge in [0.25, 0.3) is 0 Å². The summed E-state index contributed by atoms with van der Waals surface area (Å²) in [5, 5.41) is 9.85. The van der Waals surface area contributed by atoms with Crippen LogP contribution < -0.4 is 10.5 Å². The summed E-state index contributed by atoms with van der Waals surface area (Å²) >= 11 is 3.44. The largest absolute Gasteiger partial charge is 0.488 e. The second-order valence-electron chi connectivity index (χ2n) is 4.47. The van der Waals surface area contributed by atoms with Crippen LogP contribution in [0.25, 0.3) is 0 Å². The summed E-state index contributed by atoms with van der Waals surface area (Å²) in [6, 6.07) is 5.78. The van der Waals surface area contributed by atoms with Gasteiger partial charge in [-0.2, -0.15) is 0 Å². The number of halogens is 1. The van der Waals surface area contributed by atoms with Gasteiger partial charge in [-0.15, -0.1) is 0 Å². The van der Waals surface area contributed by atoms with E-state index in [1.54, 1.807) is 0 Å². The van der Waals surface area contributed by atoms with Gasteiger partial charge in [0.05, 0.1) is 6.10 Å². The number of benzene rings is 1. The molecule has 0 heterocycles. The third-order valence-electron chi connectivity index (χ3n) is 3.19. The minimum Gasteiger partial charge on any atom is -0.488 e. The molecule has 94 valence electrons. The molecule has 1 aromatic rings. The van der Waals surface area contributed by atoms with Crippen molar-refractivity contribution in [3.05, 3.63) is 28.2 Å². The summed E-state index contributed by atoms with van der Waals surface area (Å²) in [5.41, 5.74) is 6.67. The van der Waals surface area contributed by atoms with Gasteiger partial charge in [-0.25, -0.2) is 0 Å². The Labute approximate surface area is 110 Å². The van der Waals surface area contributed by atoms with Gasteiger partial charge < -0.3 is 15.6 Å². The van der Waals surface area contributed by atoms with Crippen molar-refractivity contribution < 1.29 is 9.84 Å². The normalized spacial score (nSPS) is 24.6. The van der Waals surface area contributed by atoms with E-state index >= 15 is 0 Å². The second kappa shape index (κ2) is 5.85. The predicted molar refractivity (Wildman–Crippen MR) is 70.9 cm³/mol. The molecular formula is C13H18BrNO2. The fourth-order valence-electron chi connectivity index (χ4n) is 2.17. The van der Waals surface area contributed by atoms with Crippen molar-refractivity contribution in [1.29, 1.82) is 0 Å². The summed E-state index contributed by atoms with van der Waals surface area (Å²) in [6.07, 6.45) is 3.57. The van der Waals surface area contributed by atoms with Crippen molar-refractivity contribution in [3.8, 4) is 5.75 Å². The van der Waals surface area contributed by atoms with Crippen molar-refractivity contribution in [2.75, 3.05) is 0 Å². The zero-order chi connectivity index (χ0) is 12.3. The lowest BCUT2D eigenvalue weighted by atomic mass is 9.95. The van der Waals surface area contributed by atoms with Gasteiger partial charge in [0.1, 0.15) is 11.9 Å². The Kier molecular flexibility index (Phi) is 4.42. The standard InChI is InChI=1S/C13H18BrNO2/c14-11-6-5-10(7-9(11)8-15)17-13-4-2-1-3-12(13)16/h5-7,12-13,16H,1-4,8,15H2. The number of hydrogen-bond donors (Lipinski definition) is 2. The van der Waals surface area contributed by atoms with Crippen LogP contribution in [0.15, 0.2) is 22.7 Å². The second-order valence-corrected chi connectivity index (χ2v) is 5.32. The zero-order valence-electron chi connectivity index (χ0n) is 9.73. The Morgan fingerprint density at radius 2 is 2.12 bits per heavy atom. The molecule has 0 amide bonds. The maximum Gasteiger partial charge on any atom is 0.124 e. The number of aliphatic hydroxyl groups excluding tert-OH is 1. The SMILES string of the molecule is NCc1cc(OC2CCCCC2O)ccc1Br. The van der Waals surface area contributed by atoms with E-state index in [1.165, 1.54) is 0 Å². The Morgan fingerprint density at radius 3 is 2.82 bits per heavy atom. The molecule has 2 rings (SSSR count). The van der Waals surface area contributed by atoms with E-state index in [0.29, 0.717) is 6.54 Å². The molecule has 1 saturated carbocycles. The van der Waals surface area contributed by atoms with E-state index in [1.807, 2.05) is 18.2 Å². The average Bonchev–Trinajstić information content (AvgIpc) is 2.34. The maximum absolute atomic E-state index is 9.85. The van der Waals surface area contributed by atoms with Crippen LogP contribution in [0.3, 0.4) is 0 Å². The molecule has 1 aliphatic carbocycles. The molecule has 1 fully saturated rings. The maximum atomic E-state index is 9.85. The monoisotopic (exact) mass is 299 g/mol. The summed E-state index contributed by atoms with van der Waals surface area (Å²) in [5.74, 6) is 0.791. The molecule has 17 heavy (non-hydrogen) atoms. The first-order valence-corrected chi connectivity index (χ1v) is 6.83. The smallest absolute Gasteiger partial charge is 0.124 e. The Hall–Kier alpha value is -0.580. The molecule has 0 aliphatic heterocycles. The Balaban J connectivity index is 2.07. The molecular weight excluding hydrogens is 282 g/mol. The summed E-state index contributed by atoms with van der Waals surface area (Å²) < 4.78 is 6.84. The third-order valence-corrected chi connectivity index (χ3v) is 3.97. The van der Waals surface area contributed by atoms with E-state index < -0.39 is 0 Å². The van der Waals surface area contributed by atoms with Crippen LogP contribution in [-0.2, 0) is 6.54 Å². The highest BCUT2D eigenvalue weighted by Crippen LogP contribution is 2.27. The molecule has 2 unspecified atom stereocenters. The molecule has 3 N–H and O–H groups in total. The fraction of sp³-hybridized carbons (Fsp3) is 0.538. The van der Waals surface area contributed by atoms with E-state index in [4.69, 9.17) is 10.5 Å². The lowest BCUT2D eigenvalue weighted by molar-refractivity contribution is 0.00683. The third kappa shape index (κ3) is 3.21. The summed E-state index contributed by atoms with van der Waals surface area (Å²) in [4.78, 5) is 0. The van der Waals surface area contributed by atoms with Gasteiger partial charge in [0, 0.05) is 11.0 Å². The van der Waals surface area contributed by atoms with Crippen LogP contribution in [0.2, 0.25) is 0 Å². The predicted octanol–water partition coefficient (Wildman–Crippen LogP) is 2.59. The highest BCUT2D eigenvalue weighted by molar-refractivity contribution is 9.10. The van der Waals surface area contributed by atoms with Gasteiger partial charge in [-0.1, -0.05) is 22.4 Å². The zero-order valence-corrected chi connectivity index (χ0v) is 11.3. The lowest BCUT2D eigenvalue weighted by Crippen LogP contribution is -2.34. The molecule has 1 aromatic carbocycles. The van der Waals surface area contributed by atoms with Crippen LogP contribution in [0, 0.1) is 0 Å². The van der Waals surface area contributed by atoms with Gasteiger partial charge >= 0.3 is 0 Å². The van der Waals surface area contributed by atoms with E-state index in [-0.39, 0.29) is 12.2 Å². The number of nitrogens with two attached hydrogens (primary N) is 1. The Morgan fingerprint density at radius 1 is 1.35 bits per heavy atom. The quantitative estimate of drug-likeness (QED) is 0.902. The summed E-state index contributed by atoms with van der Waals surface area (Å²) in [6.45, 7) is 0.477. The first kappa shape index (κ1) is 12.9. The fourth-order valence-corrected chi connectivity index (χ4v) is 2.58. The Bertz CT molecular complexity index is 384. The highest BCUT2D eigenvalue weighted by Gasteiger charge is 2.24. The van der Waals surface area contributed by atoms with E-state index in [0.717, 1.165) is 41.5 Å². The van der Waals surface area contributed by atoms with Crippen molar-refractivity contribution in [2.45, 2.75) is 44.4 Å². The van der Waals surface area contributed by atoms with Crippen LogP contribution in [0.4, 0.5) is 0 Å². The number of aliphatic hydroxyl groups is 1. The highest BCUT2D eigenvalue weighted by atomic mass is 79.9. The first-order chi connectivity index (χ1) is 8.20. The van der Waals surface area contributed by atoms with Crippen molar-refractivity contribution in [2.24, 2.45) is 5.73 Å². The van der Waals surface area contributed by atoms with Gasteiger partial charge in [0.2, 0.25) is 0 Å². The summed E-state index contributed by atoms with van der Waals surface area (Å²) in [7, 11) is 0. The lowest BCUT2D eigenvalue weighted by Gasteiger charge is -2.28. The topological polar surface area (TPSA) is 55.5 Å². The van der Waals surface area contributed by atoms with Crippen molar-refractivity contribution in [1.82, 2.24) is 0 Å². The number of rotatable bonds is 3. The van der Waals surface area contributed by atoms with Crippen LogP contribution in [0.1, 0.15) is 31.2 Å². The molecule has 1 aliphatic rings. The van der Waals surface area contributed by atoms with E-state index in [2.05, 4.69) is 15.9 Å². The molecule has 0 aromatic heterocycles. The molecule has 0 spiro atoms. The molecule has 2 atom stereocenters. The van der Waals surface area contributed by atoms with E-state index in [9.17, 15) is 5.11 Å². The van der Waals surface area contributed by atoms with Crippen molar-refractivity contribution in [3.63, 3.8) is 0 Å². The number of ether oxygens (including phenoxy) is 1. The average molecular weight is 300 g/mol. The molecule has 0 saturated heterocycles. The van der Waals surface area contributed by atoms with Crippen molar-refractivity contribution >= 4 is 15.9 Å². The molecule has 3 nitrogen and oxygen atoms in total. The molecule has 0 bridgehead atoms. The van der Waals surface area contributed by atoms with Crippen LogP contribution >= 0.6 is 15.9 Å². The van der Waals surface area contributed by atoms with Crippen LogP contribution in [0.5, 0.6) is 5.75 Å². The van der Waals surface area contributed by atoms with Gasteiger partial charge in [-0.05, 0) is 43.0 Å². The van der Waals surface area contributed by atoms with Gasteiger partial charge in [-0.3, -0.25) is 0 Å².